The highest BCUT2D eigenvalue weighted by Gasteiger charge is 2.39. The largest absolute Gasteiger partial charge is 0.315 e. The fourth-order valence-corrected chi connectivity index (χ4v) is 2.50. The van der Waals surface area contributed by atoms with Gasteiger partial charge in [-0.05, 0) is 42.9 Å². The lowest BCUT2D eigenvalue weighted by molar-refractivity contribution is 0.0994. The van der Waals surface area contributed by atoms with Crippen molar-refractivity contribution in [1.29, 1.82) is 0 Å². The van der Waals surface area contributed by atoms with Crippen molar-refractivity contribution < 1.29 is 0 Å². The maximum atomic E-state index is 3.43. The SMILES string of the molecule is Cc1ccc(CC2(C(C)C)CNC2)cc1C. The van der Waals surface area contributed by atoms with E-state index in [0.29, 0.717) is 5.41 Å². The van der Waals surface area contributed by atoms with Crippen molar-refractivity contribution in [3.05, 3.63) is 34.9 Å². The Bertz CT molecular complexity index is 375. The van der Waals surface area contributed by atoms with Gasteiger partial charge in [0.15, 0.2) is 0 Å². The third kappa shape index (κ3) is 2.01. The average Bonchev–Trinajstić information content (AvgIpc) is 2.16. The quantitative estimate of drug-likeness (QED) is 0.820. The molecule has 1 aliphatic heterocycles. The van der Waals surface area contributed by atoms with Crippen LogP contribution in [0.15, 0.2) is 18.2 Å². The molecule has 2 rings (SSSR count). The first-order chi connectivity index (χ1) is 7.53. The van der Waals surface area contributed by atoms with Gasteiger partial charge in [-0.25, -0.2) is 0 Å². The molecule has 1 heteroatoms. The molecule has 0 saturated carbocycles. The van der Waals surface area contributed by atoms with Gasteiger partial charge in [-0.2, -0.15) is 0 Å². The summed E-state index contributed by atoms with van der Waals surface area (Å²) < 4.78 is 0. The number of hydrogen-bond acceptors (Lipinski definition) is 1. The Morgan fingerprint density at radius 3 is 2.31 bits per heavy atom. The van der Waals surface area contributed by atoms with Crippen molar-refractivity contribution >= 4 is 0 Å². The Hall–Kier alpha value is -0.820. The van der Waals surface area contributed by atoms with E-state index in [1.807, 2.05) is 0 Å². The van der Waals surface area contributed by atoms with Crippen LogP contribution >= 0.6 is 0 Å². The lowest BCUT2D eigenvalue weighted by Crippen LogP contribution is -2.57. The molecule has 1 aliphatic rings. The van der Waals surface area contributed by atoms with Crippen LogP contribution in [0.3, 0.4) is 0 Å². The summed E-state index contributed by atoms with van der Waals surface area (Å²) in [6.07, 6.45) is 1.22. The predicted octanol–water partition coefficient (Wildman–Crippen LogP) is 3.09. The molecule has 0 aliphatic carbocycles. The van der Waals surface area contributed by atoms with Crippen LogP contribution in [0.5, 0.6) is 0 Å². The first kappa shape index (κ1) is 11.7. The van der Waals surface area contributed by atoms with E-state index in [9.17, 15) is 0 Å². The second-order valence-electron chi connectivity index (χ2n) is 5.72. The minimum absolute atomic E-state index is 0.502. The second-order valence-corrected chi connectivity index (χ2v) is 5.72. The normalized spacial score (nSPS) is 18.6. The molecule has 1 aromatic carbocycles. The Balaban J connectivity index is 2.16. The van der Waals surface area contributed by atoms with Gasteiger partial charge in [-0.3, -0.25) is 0 Å². The van der Waals surface area contributed by atoms with Crippen molar-refractivity contribution in [3.8, 4) is 0 Å². The van der Waals surface area contributed by atoms with Gasteiger partial charge in [0, 0.05) is 18.5 Å². The molecule has 1 nitrogen and oxygen atoms in total. The summed E-state index contributed by atoms with van der Waals surface area (Å²) in [5.41, 5.74) is 4.82. The van der Waals surface area contributed by atoms with Gasteiger partial charge in [-0.1, -0.05) is 32.0 Å². The summed E-state index contributed by atoms with van der Waals surface area (Å²) in [7, 11) is 0. The van der Waals surface area contributed by atoms with Crippen LogP contribution in [-0.4, -0.2) is 13.1 Å². The Kier molecular flexibility index (Phi) is 3.07. The molecule has 0 radical (unpaired) electrons. The van der Waals surface area contributed by atoms with Crippen LogP contribution in [0.4, 0.5) is 0 Å². The highest BCUT2D eigenvalue weighted by molar-refractivity contribution is 5.31. The molecule has 88 valence electrons. The van der Waals surface area contributed by atoms with Crippen LogP contribution in [0.1, 0.15) is 30.5 Å². The highest BCUT2D eigenvalue weighted by atomic mass is 15.0. The van der Waals surface area contributed by atoms with Gasteiger partial charge in [0.1, 0.15) is 0 Å². The van der Waals surface area contributed by atoms with E-state index in [4.69, 9.17) is 0 Å². The van der Waals surface area contributed by atoms with E-state index in [1.165, 1.54) is 36.2 Å². The maximum absolute atomic E-state index is 3.43. The zero-order chi connectivity index (χ0) is 11.8. The first-order valence-corrected chi connectivity index (χ1v) is 6.30. The molecular formula is C15H23N. The van der Waals surface area contributed by atoms with E-state index in [0.717, 1.165) is 5.92 Å². The first-order valence-electron chi connectivity index (χ1n) is 6.30. The molecule has 0 bridgehead atoms. The van der Waals surface area contributed by atoms with Gasteiger partial charge >= 0.3 is 0 Å². The average molecular weight is 217 g/mol. The van der Waals surface area contributed by atoms with Crippen LogP contribution in [0.25, 0.3) is 0 Å². The standard InChI is InChI=1S/C15H23N/c1-11(2)15(9-16-10-15)8-14-6-5-12(3)13(4)7-14/h5-7,11,16H,8-10H2,1-4H3. The number of aryl methyl sites for hydroxylation is 2. The van der Waals surface area contributed by atoms with Crippen LogP contribution in [0.2, 0.25) is 0 Å². The minimum atomic E-state index is 0.502. The van der Waals surface area contributed by atoms with Gasteiger partial charge in [0.05, 0.1) is 0 Å². The number of rotatable bonds is 3. The molecule has 0 atom stereocenters. The van der Waals surface area contributed by atoms with Crippen molar-refractivity contribution in [2.45, 2.75) is 34.1 Å². The number of hydrogen-bond donors (Lipinski definition) is 1. The van der Waals surface area contributed by atoms with Crippen LogP contribution < -0.4 is 5.32 Å². The molecule has 1 saturated heterocycles. The van der Waals surface area contributed by atoms with Crippen LogP contribution in [0, 0.1) is 25.2 Å². The van der Waals surface area contributed by atoms with E-state index in [-0.39, 0.29) is 0 Å². The zero-order valence-electron chi connectivity index (χ0n) is 10.9. The van der Waals surface area contributed by atoms with Gasteiger partial charge in [0.2, 0.25) is 0 Å². The van der Waals surface area contributed by atoms with Crippen molar-refractivity contribution in [2.75, 3.05) is 13.1 Å². The Morgan fingerprint density at radius 2 is 1.88 bits per heavy atom. The van der Waals surface area contributed by atoms with E-state index in [2.05, 4.69) is 51.2 Å². The van der Waals surface area contributed by atoms with E-state index < -0.39 is 0 Å². The van der Waals surface area contributed by atoms with Gasteiger partial charge < -0.3 is 5.32 Å². The number of nitrogens with one attached hydrogen (secondary N) is 1. The summed E-state index contributed by atoms with van der Waals surface area (Å²) in [4.78, 5) is 0. The van der Waals surface area contributed by atoms with Gasteiger partial charge in [0.25, 0.3) is 0 Å². The van der Waals surface area contributed by atoms with Crippen LogP contribution in [-0.2, 0) is 6.42 Å². The molecule has 1 aromatic rings. The van der Waals surface area contributed by atoms with E-state index >= 15 is 0 Å². The summed E-state index contributed by atoms with van der Waals surface area (Å²) in [5, 5.41) is 3.43. The highest BCUT2D eigenvalue weighted by Crippen LogP contribution is 2.35. The predicted molar refractivity (Wildman–Crippen MR) is 69.8 cm³/mol. The third-order valence-electron chi connectivity index (χ3n) is 4.31. The molecular weight excluding hydrogens is 194 g/mol. The second kappa shape index (κ2) is 4.21. The lowest BCUT2D eigenvalue weighted by Gasteiger charge is -2.46. The molecule has 0 amide bonds. The van der Waals surface area contributed by atoms with E-state index in [1.54, 1.807) is 0 Å². The fraction of sp³-hybridized carbons (Fsp3) is 0.600. The molecule has 1 heterocycles. The smallest absolute Gasteiger partial charge is 0.00259 e. The van der Waals surface area contributed by atoms with Crippen molar-refractivity contribution in [2.24, 2.45) is 11.3 Å². The molecule has 0 aromatic heterocycles. The summed E-state index contributed by atoms with van der Waals surface area (Å²) in [6, 6.07) is 6.91. The zero-order valence-corrected chi connectivity index (χ0v) is 10.9. The maximum Gasteiger partial charge on any atom is 0.00259 e. The Morgan fingerprint density at radius 1 is 1.19 bits per heavy atom. The molecule has 1 fully saturated rings. The molecule has 0 spiro atoms. The molecule has 1 N–H and O–H groups in total. The van der Waals surface area contributed by atoms with Crippen molar-refractivity contribution in [1.82, 2.24) is 5.32 Å². The fourth-order valence-electron chi connectivity index (χ4n) is 2.50. The van der Waals surface area contributed by atoms with Crippen molar-refractivity contribution in [3.63, 3.8) is 0 Å². The minimum Gasteiger partial charge on any atom is -0.315 e. The third-order valence-corrected chi connectivity index (χ3v) is 4.31. The summed E-state index contributed by atoms with van der Waals surface area (Å²) in [5.74, 6) is 0.760. The Labute approximate surface area is 99.3 Å². The topological polar surface area (TPSA) is 12.0 Å². The van der Waals surface area contributed by atoms with Gasteiger partial charge in [-0.15, -0.1) is 0 Å². The summed E-state index contributed by atoms with van der Waals surface area (Å²) in [6.45, 7) is 11.4. The molecule has 16 heavy (non-hydrogen) atoms. The molecule has 0 unspecified atom stereocenters. The summed E-state index contributed by atoms with van der Waals surface area (Å²) >= 11 is 0. The lowest BCUT2D eigenvalue weighted by atomic mass is 9.68. The number of benzene rings is 1. The monoisotopic (exact) mass is 217 g/mol.